The highest BCUT2D eigenvalue weighted by Crippen LogP contribution is 2.23. The van der Waals surface area contributed by atoms with Gasteiger partial charge in [-0.1, -0.05) is 11.6 Å². The first-order valence-electron chi connectivity index (χ1n) is 5.63. The Kier molecular flexibility index (Phi) is 5.91. The van der Waals surface area contributed by atoms with Crippen LogP contribution in [0.4, 0.5) is 11.4 Å². The van der Waals surface area contributed by atoms with Gasteiger partial charge >= 0.3 is 0 Å². The number of rotatable bonds is 6. The van der Waals surface area contributed by atoms with Gasteiger partial charge in [0.05, 0.1) is 18.5 Å². The summed E-state index contributed by atoms with van der Waals surface area (Å²) in [6.45, 7) is 0.689. The fraction of sp³-hybridized carbons (Fsp3) is 0.417. The molecular formula is C12H18ClN3O2. The van der Waals surface area contributed by atoms with Crippen LogP contribution in [0.1, 0.15) is 12.8 Å². The van der Waals surface area contributed by atoms with Gasteiger partial charge in [0.15, 0.2) is 0 Å². The van der Waals surface area contributed by atoms with Gasteiger partial charge in [-0.15, -0.1) is 0 Å². The number of benzene rings is 1. The Balaban J connectivity index is 2.42. The lowest BCUT2D eigenvalue weighted by atomic mass is 10.2. The number of halogens is 1. The van der Waals surface area contributed by atoms with Crippen molar-refractivity contribution in [1.29, 1.82) is 0 Å². The van der Waals surface area contributed by atoms with E-state index in [4.69, 9.17) is 22.2 Å². The van der Waals surface area contributed by atoms with Crippen molar-refractivity contribution in [2.75, 3.05) is 31.8 Å². The van der Waals surface area contributed by atoms with Crippen LogP contribution in [0.2, 0.25) is 5.02 Å². The maximum absolute atomic E-state index is 11.7. The lowest BCUT2D eigenvalue weighted by Crippen LogP contribution is -2.20. The number of nitrogens with two attached hydrogens (primary N) is 1. The minimum atomic E-state index is -0.0894. The predicted molar refractivity (Wildman–Crippen MR) is 73.4 cm³/mol. The van der Waals surface area contributed by atoms with Crippen LogP contribution in [0.5, 0.6) is 0 Å². The van der Waals surface area contributed by atoms with Crippen molar-refractivity contribution >= 4 is 28.9 Å². The van der Waals surface area contributed by atoms with Gasteiger partial charge in [0.25, 0.3) is 0 Å². The average molecular weight is 272 g/mol. The standard InChI is InChI=1S/C12H18ClN3O2/c1-16(18-2)7-3-4-12(17)15-11-8-9(13)5-6-10(11)14/h5-6,8H,3-4,7,14H2,1-2H3,(H,15,17). The molecule has 0 heterocycles. The minimum absolute atomic E-state index is 0.0894. The number of carbonyl (C=O) groups excluding carboxylic acids is 1. The van der Waals surface area contributed by atoms with Crippen LogP contribution in [-0.2, 0) is 9.63 Å². The van der Waals surface area contributed by atoms with E-state index in [1.165, 1.54) is 0 Å². The fourth-order valence-corrected chi connectivity index (χ4v) is 1.58. The first-order valence-corrected chi connectivity index (χ1v) is 6.01. The molecule has 100 valence electrons. The van der Waals surface area contributed by atoms with Gasteiger partial charge in [0, 0.05) is 25.0 Å². The monoisotopic (exact) mass is 271 g/mol. The van der Waals surface area contributed by atoms with Crippen molar-refractivity contribution in [2.45, 2.75) is 12.8 Å². The zero-order valence-corrected chi connectivity index (χ0v) is 11.3. The molecule has 3 N–H and O–H groups in total. The van der Waals surface area contributed by atoms with E-state index in [0.29, 0.717) is 35.8 Å². The first kappa shape index (κ1) is 14.8. The fourth-order valence-electron chi connectivity index (χ4n) is 1.40. The second kappa shape index (κ2) is 7.20. The molecule has 1 aromatic rings. The van der Waals surface area contributed by atoms with Crippen LogP contribution in [0.3, 0.4) is 0 Å². The van der Waals surface area contributed by atoms with Crippen molar-refractivity contribution in [1.82, 2.24) is 5.06 Å². The molecule has 18 heavy (non-hydrogen) atoms. The lowest BCUT2D eigenvalue weighted by molar-refractivity contribution is -0.119. The van der Waals surface area contributed by atoms with Gasteiger partial charge in [0.1, 0.15) is 0 Å². The van der Waals surface area contributed by atoms with E-state index in [-0.39, 0.29) is 5.91 Å². The van der Waals surface area contributed by atoms with E-state index in [0.717, 1.165) is 0 Å². The average Bonchev–Trinajstić information content (AvgIpc) is 2.33. The minimum Gasteiger partial charge on any atom is -0.397 e. The van der Waals surface area contributed by atoms with Crippen molar-refractivity contribution in [3.05, 3.63) is 23.2 Å². The molecule has 0 spiro atoms. The summed E-state index contributed by atoms with van der Waals surface area (Å²) in [6, 6.07) is 4.98. The highest BCUT2D eigenvalue weighted by Gasteiger charge is 2.06. The van der Waals surface area contributed by atoms with Crippen LogP contribution >= 0.6 is 11.6 Å². The molecule has 0 aliphatic heterocycles. The first-order chi connectivity index (χ1) is 8.52. The molecule has 0 aliphatic rings. The van der Waals surface area contributed by atoms with Crippen LogP contribution in [0.25, 0.3) is 0 Å². The normalized spacial score (nSPS) is 10.7. The Hall–Kier alpha value is -1.30. The van der Waals surface area contributed by atoms with Crippen LogP contribution in [0, 0.1) is 0 Å². The Labute approximate surface area is 112 Å². The number of nitrogen functional groups attached to an aromatic ring is 1. The molecular weight excluding hydrogens is 254 g/mol. The predicted octanol–water partition coefficient (Wildman–Crippen LogP) is 2.13. The van der Waals surface area contributed by atoms with E-state index >= 15 is 0 Å². The Bertz CT molecular complexity index is 412. The second-order valence-corrected chi connectivity index (χ2v) is 4.35. The SMILES string of the molecule is CON(C)CCCC(=O)Nc1cc(Cl)ccc1N. The second-order valence-electron chi connectivity index (χ2n) is 3.92. The number of amides is 1. The van der Waals surface area contributed by atoms with Crippen molar-refractivity contribution in [3.8, 4) is 0 Å². The van der Waals surface area contributed by atoms with Gasteiger partial charge in [-0.25, -0.2) is 0 Å². The quantitative estimate of drug-likeness (QED) is 0.614. The molecule has 1 rings (SSSR count). The van der Waals surface area contributed by atoms with Crippen molar-refractivity contribution in [2.24, 2.45) is 0 Å². The molecule has 1 amide bonds. The number of anilines is 2. The van der Waals surface area contributed by atoms with Gasteiger partial charge in [-0.2, -0.15) is 5.06 Å². The number of hydrogen-bond donors (Lipinski definition) is 2. The maximum atomic E-state index is 11.7. The molecule has 1 aromatic carbocycles. The molecule has 0 fully saturated rings. The summed E-state index contributed by atoms with van der Waals surface area (Å²) in [6.07, 6.45) is 1.11. The van der Waals surface area contributed by atoms with Gasteiger partial charge in [-0.3, -0.25) is 4.79 Å². The van der Waals surface area contributed by atoms with Crippen LogP contribution in [-0.4, -0.2) is 31.7 Å². The summed E-state index contributed by atoms with van der Waals surface area (Å²) in [7, 11) is 3.40. The highest BCUT2D eigenvalue weighted by atomic mass is 35.5. The Morgan fingerprint density at radius 2 is 2.28 bits per heavy atom. The lowest BCUT2D eigenvalue weighted by Gasteiger charge is -2.13. The molecule has 0 aromatic heterocycles. The number of nitrogens with zero attached hydrogens (tertiary/aromatic N) is 1. The van der Waals surface area contributed by atoms with Crippen LogP contribution < -0.4 is 11.1 Å². The van der Waals surface area contributed by atoms with Gasteiger partial charge < -0.3 is 15.9 Å². The molecule has 0 unspecified atom stereocenters. The molecule has 0 radical (unpaired) electrons. The Morgan fingerprint density at radius 1 is 1.56 bits per heavy atom. The number of hydroxylamine groups is 2. The zero-order chi connectivity index (χ0) is 13.5. The molecule has 0 saturated carbocycles. The smallest absolute Gasteiger partial charge is 0.224 e. The van der Waals surface area contributed by atoms with Crippen molar-refractivity contribution in [3.63, 3.8) is 0 Å². The third-order valence-electron chi connectivity index (χ3n) is 2.48. The summed E-state index contributed by atoms with van der Waals surface area (Å²) < 4.78 is 0. The maximum Gasteiger partial charge on any atom is 0.224 e. The Morgan fingerprint density at radius 3 is 2.94 bits per heavy atom. The summed E-state index contributed by atoms with van der Waals surface area (Å²) in [5.74, 6) is -0.0894. The third-order valence-corrected chi connectivity index (χ3v) is 2.71. The zero-order valence-electron chi connectivity index (χ0n) is 10.6. The van der Waals surface area contributed by atoms with E-state index in [1.54, 1.807) is 30.4 Å². The summed E-state index contributed by atoms with van der Waals surface area (Å²) >= 11 is 5.83. The molecule has 0 bridgehead atoms. The van der Waals surface area contributed by atoms with E-state index in [1.807, 2.05) is 7.05 Å². The van der Waals surface area contributed by atoms with Gasteiger partial charge in [0.2, 0.25) is 5.91 Å². The van der Waals surface area contributed by atoms with E-state index in [9.17, 15) is 4.79 Å². The molecule has 0 aliphatic carbocycles. The number of nitrogens with one attached hydrogen (secondary N) is 1. The molecule has 0 saturated heterocycles. The number of carbonyl (C=O) groups is 1. The molecule has 5 nitrogen and oxygen atoms in total. The summed E-state index contributed by atoms with van der Waals surface area (Å²) in [4.78, 5) is 16.6. The van der Waals surface area contributed by atoms with Crippen LogP contribution in [0.15, 0.2) is 18.2 Å². The summed E-state index contributed by atoms with van der Waals surface area (Å²) in [5.41, 5.74) is 6.78. The number of hydrogen-bond acceptors (Lipinski definition) is 4. The summed E-state index contributed by atoms with van der Waals surface area (Å²) in [5, 5.41) is 4.94. The van der Waals surface area contributed by atoms with E-state index in [2.05, 4.69) is 5.32 Å². The third kappa shape index (κ3) is 4.91. The molecule has 0 atom stereocenters. The highest BCUT2D eigenvalue weighted by molar-refractivity contribution is 6.31. The topological polar surface area (TPSA) is 67.6 Å². The van der Waals surface area contributed by atoms with Crippen molar-refractivity contribution < 1.29 is 9.63 Å². The van der Waals surface area contributed by atoms with Gasteiger partial charge in [-0.05, 0) is 24.6 Å². The van der Waals surface area contributed by atoms with E-state index < -0.39 is 0 Å². The molecule has 6 heteroatoms. The largest absolute Gasteiger partial charge is 0.397 e.